The molecule has 6 heteroatoms. The van der Waals surface area contributed by atoms with Crippen LogP contribution >= 0.6 is 11.3 Å². The third-order valence-corrected chi connectivity index (χ3v) is 3.94. The number of aliphatic carboxylic acids is 1. The molecule has 0 aliphatic carbocycles. The van der Waals surface area contributed by atoms with Gasteiger partial charge in [-0.2, -0.15) is 0 Å². The highest BCUT2D eigenvalue weighted by molar-refractivity contribution is 7.13. The average molecular weight is 284 g/mol. The Balaban J connectivity index is 2.28. The zero-order valence-corrected chi connectivity index (χ0v) is 12.1. The van der Waals surface area contributed by atoms with Gasteiger partial charge in [0.1, 0.15) is 4.88 Å². The summed E-state index contributed by atoms with van der Waals surface area (Å²) < 4.78 is 0. The molecule has 0 aliphatic heterocycles. The lowest BCUT2D eigenvalue weighted by atomic mass is 9.97. The minimum Gasteiger partial charge on any atom is -0.481 e. The molecule has 0 bridgehead atoms. The lowest BCUT2D eigenvalue weighted by Gasteiger charge is -2.13. The molecule has 5 nitrogen and oxygen atoms in total. The van der Waals surface area contributed by atoms with Crippen LogP contribution in [0, 0.1) is 12.8 Å². The van der Waals surface area contributed by atoms with E-state index in [1.807, 2.05) is 13.8 Å². The zero-order chi connectivity index (χ0) is 14.3. The number of hydrogen-bond donors (Lipinski definition) is 2. The number of carboxylic acids is 1. The Bertz CT molecular complexity index is 431. The summed E-state index contributed by atoms with van der Waals surface area (Å²) in [6, 6.07) is 0. The molecule has 1 heterocycles. The van der Waals surface area contributed by atoms with Gasteiger partial charge >= 0.3 is 5.97 Å². The van der Waals surface area contributed by atoms with Crippen molar-refractivity contribution in [3.8, 4) is 0 Å². The van der Waals surface area contributed by atoms with Crippen LogP contribution in [0.2, 0.25) is 0 Å². The Labute approximate surface area is 117 Å². The molecular weight excluding hydrogens is 264 g/mol. The number of rotatable bonds is 8. The molecular formula is C13H20N2O3S. The normalized spacial score (nSPS) is 12.1. The summed E-state index contributed by atoms with van der Waals surface area (Å²) in [5.74, 6) is -0.513. The summed E-state index contributed by atoms with van der Waals surface area (Å²) in [4.78, 5) is 26.9. The molecule has 0 spiro atoms. The molecule has 1 unspecified atom stereocenters. The first kappa shape index (κ1) is 15.6. The van der Waals surface area contributed by atoms with E-state index in [1.165, 1.54) is 11.3 Å². The Hall–Kier alpha value is -1.43. The Morgan fingerprint density at radius 1 is 1.47 bits per heavy atom. The Kier molecular flexibility index (Phi) is 6.49. The van der Waals surface area contributed by atoms with Gasteiger partial charge in [-0.25, -0.2) is 4.98 Å². The van der Waals surface area contributed by atoms with Crippen LogP contribution in [0.5, 0.6) is 0 Å². The van der Waals surface area contributed by atoms with Crippen molar-refractivity contribution in [2.75, 3.05) is 6.54 Å². The predicted octanol–water partition coefficient (Wildman–Crippen LogP) is 2.46. The van der Waals surface area contributed by atoms with Crippen molar-refractivity contribution in [3.63, 3.8) is 0 Å². The first-order valence-corrected chi connectivity index (χ1v) is 7.27. The fourth-order valence-electron chi connectivity index (χ4n) is 1.82. The standard InChI is InChI=1S/C13H20N2O3S/c1-3-10(4-5-12(16)17)6-7-14-13(18)11-8-15-9(2)19-11/h8,10H,3-7H2,1-2H3,(H,14,18)(H,16,17). The number of carbonyl (C=O) groups is 2. The average Bonchev–Trinajstić information content (AvgIpc) is 2.79. The van der Waals surface area contributed by atoms with E-state index in [2.05, 4.69) is 10.3 Å². The first-order chi connectivity index (χ1) is 9.02. The fraction of sp³-hybridized carbons (Fsp3) is 0.615. The first-order valence-electron chi connectivity index (χ1n) is 6.45. The van der Waals surface area contributed by atoms with Crippen LogP contribution in [-0.4, -0.2) is 28.5 Å². The van der Waals surface area contributed by atoms with Gasteiger partial charge in [-0.1, -0.05) is 13.3 Å². The third kappa shape index (κ3) is 5.83. The van der Waals surface area contributed by atoms with Gasteiger partial charge in [-0.05, 0) is 25.7 Å². The highest BCUT2D eigenvalue weighted by Gasteiger charge is 2.11. The van der Waals surface area contributed by atoms with Gasteiger partial charge in [0.05, 0.1) is 11.2 Å². The van der Waals surface area contributed by atoms with Crippen molar-refractivity contribution >= 4 is 23.2 Å². The molecule has 0 aromatic carbocycles. The van der Waals surface area contributed by atoms with Crippen molar-refractivity contribution < 1.29 is 14.7 Å². The van der Waals surface area contributed by atoms with Crippen molar-refractivity contribution in [2.24, 2.45) is 5.92 Å². The number of aryl methyl sites for hydroxylation is 1. The van der Waals surface area contributed by atoms with Gasteiger partial charge in [0.25, 0.3) is 5.91 Å². The molecule has 0 radical (unpaired) electrons. The highest BCUT2D eigenvalue weighted by Crippen LogP contribution is 2.15. The van der Waals surface area contributed by atoms with Crippen LogP contribution in [-0.2, 0) is 4.79 Å². The number of thiazole rings is 1. The van der Waals surface area contributed by atoms with Gasteiger partial charge in [0, 0.05) is 13.0 Å². The summed E-state index contributed by atoms with van der Waals surface area (Å²) in [5, 5.41) is 12.4. The molecule has 1 aromatic rings. The van der Waals surface area contributed by atoms with Gasteiger partial charge in [0.2, 0.25) is 0 Å². The van der Waals surface area contributed by atoms with Crippen molar-refractivity contribution in [1.82, 2.24) is 10.3 Å². The summed E-state index contributed by atoms with van der Waals surface area (Å²) >= 11 is 1.37. The number of amides is 1. The van der Waals surface area contributed by atoms with E-state index in [-0.39, 0.29) is 12.3 Å². The maximum absolute atomic E-state index is 11.8. The van der Waals surface area contributed by atoms with Crippen LogP contribution in [0.15, 0.2) is 6.20 Å². The van der Waals surface area contributed by atoms with E-state index < -0.39 is 5.97 Å². The molecule has 1 atom stereocenters. The predicted molar refractivity (Wildman–Crippen MR) is 74.5 cm³/mol. The highest BCUT2D eigenvalue weighted by atomic mass is 32.1. The van der Waals surface area contributed by atoms with Crippen LogP contribution < -0.4 is 5.32 Å². The SMILES string of the molecule is CCC(CCNC(=O)c1cnc(C)s1)CCC(=O)O. The van der Waals surface area contributed by atoms with Crippen LogP contribution in [0.1, 0.15) is 47.3 Å². The van der Waals surface area contributed by atoms with E-state index >= 15 is 0 Å². The van der Waals surface area contributed by atoms with Crippen LogP contribution in [0.25, 0.3) is 0 Å². The molecule has 0 fully saturated rings. The second kappa shape index (κ2) is 7.89. The lowest BCUT2D eigenvalue weighted by Crippen LogP contribution is -2.25. The topological polar surface area (TPSA) is 79.3 Å². The quantitative estimate of drug-likeness (QED) is 0.768. The smallest absolute Gasteiger partial charge is 0.303 e. The van der Waals surface area contributed by atoms with Gasteiger partial charge < -0.3 is 10.4 Å². The molecule has 1 amide bonds. The monoisotopic (exact) mass is 284 g/mol. The van der Waals surface area contributed by atoms with Gasteiger partial charge in [-0.3, -0.25) is 9.59 Å². The number of hydrogen-bond acceptors (Lipinski definition) is 4. The van der Waals surface area contributed by atoms with Crippen molar-refractivity contribution in [1.29, 1.82) is 0 Å². The van der Waals surface area contributed by atoms with E-state index in [0.29, 0.717) is 23.8 Å². The maximum atomic E-state index is 11.8. The van der Waals surface area contributed by atoms with Crippen molar-refractivity contribution in [2.45, 2.75) is 39.5 Å². The zero-order valence-electron chi connectivity index (χ0n) is 11.3. The Morgan fingerprint density at radius 2 is 2.21 bits per heavy atom. The fourth-order valence-corrected chi connectivity index (χ4v) is 2.52. The van der Waals surface area contributed by atoms with Crippen molar-refractivity contribution in [3.05, 3.63) is 16.1 Å². The Morgan fingerprint density at radius 3 is 2.74 bits per heavy atom. The molecule has 0 aliphatic rings. The minimum absolute atomic E-state index is 0.0984. The second-order valence-corrected chi connectivity index (χ2v) is 5.73. The molecule has 0 saturated carbocycles. The molecule has 106 valence electrons. The molecule has 1 rings (SSSR count). The summed E-state index contributed by atoms with van der Waals surface area (Å²) in [5.41, 5.74) is 0. The molecule has 0 saturated heterocycles. The second-order valence-electron chi connectivity index (χ2n) is 4.49. The van der Waals surface area contributed by atoms with E-state index in [4.69, 9.17) is 5.11 Å². The number of nitrogens with one attached hydrogen (secondary N) is 1. The summed E-state index contributed by atoms with van der Waals surface area (Å²) in [6.45, 7) is 4.48. The molecule has 2 N–H and O–H groups in total. The van der Waals surface area contributed by atoms with Gasteiger partial charge in [0.15, 0.2) is 0 Å². The van der Waals surface area contributed by atoms with E-state index in [9.17, 15) is 9.59 Å². The summed E-state index contributed by atoms with van der Waals surface area (Å²) in [6.07, 6.45) is 4.19. The number of aromatic nitrogens is 1. The minimum atomic E-state index is -0.761. The number of carboxylic acid groups (broad SMARTS) is 1. The third-order valence-electron chi connectivity index (χ3n) is 3.03. The largest absolute Gasteiger partial charge is 0.481 e. The number of carbonyl (C=O) groups excluding carboxylic acids is 1. The molecule has 1 aromatic heterocycles. The van der Waals surface area contributed by atoms with E-state index in [0.717, 1.165) is 17.8 Å². The summed E-state index contributed by atoms with van der Waals surface area (Å²) in [7, 11) is 0. The van der Waals surface area contributed by atoms with Crippen LogP contribution in [0.4, 0.5) is 0 Å². The maximum Gasteiger partial charge on any atom is 0.303 e. The van der Waals surface area contributed by atoms with Gasteiger partial charge in [-0.15, -0.1) is 11.3 Å². The van der Waals surface area contributed by atoms with E-state index in [1.54, 1.807) is 6.20 Å². The lowest BCUT2D eigenvalue weighted by molar-refractivity contribution is -0.137. The van der Waals surface area contributed by atoms with Crippen LogP contribution in [0.3, 0.4) is 0 Å². The number of nitrogens with zero attached hydrogens (tertiary/aromatic N) is 1. The molecule has 19 heavy (non-hydrogen) atoms.